The van der Waals surface area contributed by atoms with Gasteiger partial charge in [0.2, 0.25) is 5.95 Å². The number of unbranched alkanes of at least 4 members (excludes halogenated alkanes) is 1. The van der Waals surface area contributed by atoms with E-state index in [1.165, 1.54) is 6.20 Å². The summed E-state index contributed by atoms with van der Waals surface area (Å²) in [5, 5.41) is 2.77. The average Bonchev–Trinajstić information content (AvgIpc) is 3.72. The fourth-order valence-electron chi connectivity index (χ4n) is 7.08. The Morgan fingerprint density at radius 1 is 1.08 bits per heavy atom. The molecule has 0 bridgehead atoms. The summed E-state index contributed by atoms with van der Waals surface area (Å²) in [6.45, 7) is 3.37. The molecule has 11 nitrogen and oxygen atoms in total. The largest absolute Gasteiger partial charge is 0.466 e. The molecule has 0 radical (unpaired) electrons. The van der Waals surface area contributed by atoms with Gasteiger partial charge in [0.1, 0.15) is 11.2 Å². The highest BCUT2D eigenvalue weighted by molar-refractivity contribution is 6.03. The molecule has 0 aliphatic heterocycles. The van der Waals surface area contributed by atoms with Crippen LogP contribution in [0.3, 0.4) is 0 Å². The van der Waals surface area contributed by atoms with E-state index in [1.807, 2.05) is 13.1 Å². The highest BCUT2D eigenvalue weighted by Crippen LogP contribution is 2.46. The number of alkyl halides is 3. The van der Waals surface area contributed by atoms with Crippen molar-refractivity contribution in [2.24, 2.45) is 5.41 Å². The minimum absolute atomic E-state index is 0.0767. The Morgan fingerprint density at radius 2 is 1.86 bits per heavy atom. The van der Waals surface area contributed by atoms with E-state index in [9.17, 15) is 22.8 Å². The molecule has 2 fully saturated rings. The number of ether oxygens (including phenoxy) is 2. The Morgan fingerprint density at radius 3 is 2.53 bits per heavy atom. The fraction of sp³-hybridized carbons (Fsp3) is 0.514. The number of rotatable bonds is 15. The monoisotopic (exact) mass is 707 g/mol. The molecule has 2 N–H and O–H groups in total. The number of aromatic nitrogens is 5. The molecule has 0 spiro atoms. The predicted molar refractivity (Wildman–Crippen MR) is 187 cm³/mol. The number of halogens is 3. The molecule has 0 aromatic carbocycles. The first kappa shape index (κ1) is 36.2. The smallest absolute Gasteiger partial charge is 0.418 e. The molecule has 2 saturated carbocycles. The number of anilines is 2. The van der Waals surface area contributed by atoms with Crippen molar-refractivity contribution in [2.45, 2.75) is 83.2 Å². The molecular formula is C37H44F3N7O4. The average molecular weight is 708 g/mol. The van der Waals surface area contributed by atoms with Gasteiger partial charge in [0.15, 0.2) is 5.65 Å². The van der Waals surface area contributed by atoms with Gasteiger partial charge in [0.25, 0.3) is 5.91 Å². The van der Waals surface area contributed by atoms with Crippen LogP contribution in [0.1, 0.15) is 97.9 Å². The summed E-state index contributed by atoms with van der Waals surface area (Å²) >= 11 is 0. The van der Waals surface area contributed by atoms with Crippen LogP contribution in [-0.2, 0) is 26.9 Å². The van der Waals surface area contributed by atoms with Gasteiger partial charge in [0, 0.05) is 56.4 Å². The number of nitrogens with zero attached hydrogens (tertiary/aromatic N) is 5. The molecule has 4 heterocycles. The third-order valence-electron chi connectivity index (χ3n) is 9.71. The summed E-state index contributed by atoms with van der Waals surface area (Å²) in [4.78, 5) is 47.9. The first-order valence-electron chi connectivity index (χ1n) is 17.6. The molecule has 14 heteroatoms. The molecule has 272 valence electrons. The van der Waals surface area contributed by atoms with Gasteiger partial charge >= 0.3 is 12.1 Å². The van der Waals surface area contributed by atoms with Crippen molar-refractivity contribution in [3.63, 3.8) is 0 Å². The molecule has 4 aromatic heterocycles. The summed E-state index contributed by atoms with van der Waals surface area (Å²) < 4.78 is 53.1. The van der Waals surface area contributed by atoms with Crippen molar-refractivity contribution in [2.75, 3.05) is 44.1 Å². The van der Waals surface area contributed by atoms with E-state index >= 15 is 0 Å². The molecule has 1 amide bonds. The van der Waals surface area contributed by atoms with Crippen molar-refractivity contribution in [3.8, 4) is 11.3 Å². The van der Waals surface area contributed by atoms with E-state index in [4.69, 9.17) is 9.47 Å². The molecule has 0 saturated heterocycles. The Kier molecular flexibility index (Phi) is 10.9. The summed E-state index contributed by atoms with van der Waals surface area (Å²) in [6, 6.07) is 6.33. The number of carbonyl (C=O) groups is 2. The quantitative estimate of drug-likeness (QED) is 0.0952. The standard InChI is InChI=1S/C37H44F3N7O4/c1-4-51-30(48)10-6-5-9-23-11-14-27(41-19-23)34(49)46-35-44-32-29(47(2)21-36(22-50-3)15-7-8-16-36)18-28(43-33(32)45-35)25-17-26(37(38,39)40)31(42-20-25)24-12-13-24/h11,14,17-20,24H,4-10,12-13,15-16,21-22H2,1-3H3,(H2,43,44,45,46,49). The number of pyridine rings is 3. The van der Waals surface area contributed by atoms with Gasteiger partial charge in [-0.1, -0.05) is 18.9 Å². The molecular weight excluding hydrogens is 663 g/mol. The maximum atomic E-state index is 14.2. The first-order chi connectivity index (χ1) is 24.5. The van der Waals surface area contributed by atoms with Crippen LogP contribution in [0.2, 0.25) is 0 Å². The van der Waals surface area contributed by atoms with Crippen LogP contribution in [0, 0.1) is 5.41 Å². The molecule has 6 rings (SSSR count). The van der Waals surface area contributed by atoms with Crippen LogP contribution in [0.4, 0.5) is 24.8 Å². The zero-order valence-electron chi connectivity index (χ0n) is 29.2. The highest BCUT2D eigenvalue weighted by Gasteiger charge is 2.40. The van der Waals surface area contributed by atoms with Crippen LogP contribution in [0.15, 0.2) is 36.7 Å². The van der Waals surface area contributed by atoms with Crippen LogP contribution < -0.4 is 10.2 Å². The zero-order chi connectivity index (χ0) is 36.2. The number of hydrogen-bond donors (Lipinski definition) is 2. The number of nitrogens with one attached hydrogen (secondary N) is 2. The summed E-state index contributed by atoms with van der Waals surface area (Å²) in [5.41, 5.74) is 2.35. The lowest BCUT2D eigenvalue weighted by molar-refractivity contribution is -0.143. The number of fused-ring (bicyclic) bond motifs is 1. The number of carbonyl (C=O) groups excluding carboxylic acids is 2. The predicted octanol–water partition coefficient (Wildman–Crippen LogP) is 7.48. The molecule has 2 aliphatic rings. The van der Waals surface area contributed by atoms with Crippen LogP contribution in [-0.4, -0.2) is 70.7 Å². The highest BCUT2D eigenvalue weighted by atomic mass is 19.4. The van der Waals surface area contributed by atoms with Crippen molar-refractivity contribution in [1.82, 2.24) is 24.9 Å². The second-order valence-electron chi connectivity index (χ2n) is 13.8. The maximum Gasteiger partial charge on any atom is 0.418 e. The van der Waals surface area contributed by atoms with Gasteiger partial charge in [-0.3, -0.25) is 24.9 Å². The first-order valence-corrected chi connectivity index (χ1v) is 17.6. The minimum Gasteiger partial charge on any atom is -0.466 e. The van der Waals surface area contributed by atoms with Crippen molar-refractivity contribution in [3.05, 3.63) is 59.2 Å². The molecule has 4 aromatic rings. The van der Waals surface area contributed by atoms with Gasteiger partial charge in [-0.15, -0.1) is 0 Å². The van der Waals surface area contributed by atoms with E-state index < -0.39 is 17.6 Å². The Hall–Kier alpha value is -4.59. The number of H-pyrrole nitrogens is 1. The second kappa shape index (κ2) is 15.3. The SMILES string of the molecule is CCOC(=O)CCCCc1ccc(C(=O)Nc2nc3nc(-c4cnc(C5CC5)c(C(F)(F)F)c4)cc(N(C)CC4(COC)CCCC4)c3[nH]2)nc1. The molecule has 0 unspecified atom stereocenters. The van der Waals surface area contributed by atoms with Gasteiger partial charge in [-0.25, -0.2) is 4.98 Å². The Balaban J connectivity index is 1.26. The summed E-state index contributed by atoms with van der Waals surface area (Å²) in [5.74, 6) is -0.748. The third-order valence-corrected chi connectivity index (χ3v) is 9.71. The van der Waals surface area contributed by atoms with E-state index in [1.54, 1.807) is 32.4 Å². The fourth-order valence-corrected chi connectivity index (χ4v) is 7.08. The van der Waals surface area contributed by atoms with Crippen LogP contribution in [0.25, 0.3) is 22.4 Å². The minimum atomic E-state index is -4.56. The third kappa shape index (κ3) is 8.66. The van der Waals surface area contributed by atoms with Crippen LogP contribution >= 0.6 is 0 Å². The molecule has 0 atom stereocenters. The number of hydrogen-bond acceptors (Lipinski definition) is 9. The number of esters is 1. The van der Waals surface area contributed by atoms with Gasteiger partial charge in [0.05, 0.1) is 35.9 Å². The maximum absolute atomic E-state index is 14.2. The molecule has 2 aliphatic carbocycles. The van der Waals surface area contributed by atoms with Crippen molar-refractivity contribution < 1.29 is 32.2 Å². The van der Waals surface area contributed by atoms with Crippen LogP contribution in [0.5, 0.6) is 0 Å². The van der Waals surface area contributed by atoms with Crippen molar-refractivity contribution >= 4 is 34.7 Å². The van der Waals surface area contributed by atoms with E-state index in [0.717, 1.165) is 43.7 Å². The lowest BCUT2D eigenvalue weighted by Gasteiger charge is -2.34. The summed E-state index contributed by atoms with van der Waals surface area (Å²) in [7, 11) is 3.63. The topological polar surface area (TPSA) is 135 Å². The summed E-state index contributed by atoms with van der Waals surface area (Å²) in [6.07, 6.45) is 6.64. The lowest BCUT2D eigenvalue weighted by Crippen LogP contribution is -2.37. The van der Waals surface area contributed by atoms with E-state index in [-0.39, 0.29) is 45.8 Å². The normalized spacial score (nSPS) is 15.6. The van der Waals surface area contributed by atoms with Gasteiger partial charge in [-0.05, 0) is 75.6 Å². The second-order valence-corrected chi connectivity index (χ2v) is 13.8. The number of methoxy groups -OCH3 is 1. The number of imidazole rings is 1. The molecule has 51 heavy (non-hydrogen) atoms. The Bertz CT molecular complexity index is 1850. The van der Waals surface area contributed by atoms with Gasteiger partial charge in [-0.2, -0.15) is 18.2 Å². The lowest BCUT2D eigenvalue weighted by atomic mass is 9.86. The Labute approximate surface area is 294 Å². The number of amides is 1. The van der Waals surface area contributed by atoms with Gasteiger partial charge < -0.3 is 19.4 Å². The van der Waals surface area contributed by atoms with E-state index in [2.05, 4.69) is 35.1 Å². The number of aryl methyl sites for hydroxylation is 1. The zero-order valence-corrected chi connectivity index (χ0v) is 29.2. The number of aromatic amines is 1. The van der Waals surface area contributed by atoms with E-state index in [0.29, 0.717) is 68.8 Å². The van der Waals surface area contributed by atoms with Crippen molar-refractivity contribution in [1.29, 1.82) is 0 Å².